The fourth-order valence-electron chi connectivity index (χ4n) is 2.47. The summed E-state index contributed by atoms with van der Waals surface area (Å²) in [6.07, 6.45) is 1.92. The molecule has 0 saturated heterocycles. The predicted molar refractivity (Wildman–Crippen MR) is 80.2 cm³/mol. The maximum absolute atomic E-state index is 4.19. The zero-order valence-corrected chi connectivity index (χ0v) is 11.6. The number of rotatable bonds is 1. The molecule has 3 rings (SSSR count). The molecule has 2 aromatic carbocycles. The Bertz CT molecular complexity index is 703. The van der Waals surface area contributed by atoms with Gasteiger partial charge in [0.05, 0.1) is 11.7 Å². The van der Waals surface area contributed by atoms with E-state index >= 15 is 0 Å². The van der Waals surface area contributed by atoms with Crippen LogP contribution in [0.2, 0.25) is 0 Å². The fraction of sp³-hybridized carbons (Fsp3) is 0.235. The molecule has 0 aliphatic carbocycles. The molecular weight excluding hydrogens is 232 g/mol. The second-order valence-electron chi connectivity index (χ2n) is 5.97. The largest absolute Gasteiger partial charge is 0.278 e. The Kier molecular flexibility index (Phi) is 2.67. The molecule has 0 saturated carbocycles. The van der Waals surface area contributed by atoms with Crippen molar-refractivity contribution < 1.29 is 0 Å². The monoisotopic (exact) mass is 250 g/mol. The SMILES string of the molecule is CC(C)(C)c1cc(-c2ccccc2)cc2[nH]ncc12. The Morgan fingerprint density at radius 2 is 1.68 bits per heavy atom. The van der Waals surface area contributed by atoms with Crippen LogP contribution in [-0.2, 0) is 5.41 Å². The van der Waals surface area contributed by atoms with Gasteiger partial charge in [-0.2, -0.15) is 5.10 Å². The van der Waals surface area contributed by atoms with Crippen LogP contribution in [-0.4, -0.2) is 10.2 Å². The molecule has 1 heterocycles. The van der Waals surface area contributed by atoms with Crippen LogP contribution in [0.3, 0.4) is 0 Å². The van der Waals surface area contributed by atoms with E-state index in [-0.39, 0.29) is 5.41 Å². The second-order valence-corrected chi connectivity index (χ2v) is 5.97. The van der Waals surface area contributed by atoms with Crippen molar-refractivity contribution in [2.75, 3.05) is 0 Å². The van der Waals surface area contributed by atoms with Gasteiger partial charge in [-0.1, -0.05) is 51.1 Å². The maximum atomic E-state index is 4.19. The molecule has 1 N–H and O–H groups in total. The zero-order chi connectivity index (χ0) is 13.5. The minimum absolute atomic E-state index is 0.104. The van der Waals surface area contributed by atoms with Crippen molar-refractivity contribution in [3.8, 4) is 11.1 Å². The zero-order valence-electron chi connectivity index (χ0n) is 11.6. The van der Waals surface area contributed by atoms with E-state index in [4.69, 9.17) is 0 Å². The number of aromatic nitrogens is 2. The van der Waals surface area contributed by atoms with E-state index < -0.39 is 0 Å². The van der Waals surface area contributed by atoms with Crippen molar-refractivity contribution >= 4 is 10.9 Å². The molecule has 0 unspecified atom stereocenters. The van der Waals surface area contributed by atoms with Crippen molar-refractivity contribution in [1.82, 2.24) is 10.2 Å². The van der Waals surface area contributed by atoms with E-state index in [2.05, 4.69) is 67.4 Å². The lowest BCUT2D eigenvalue weighted by molar-refractivity contribution is 0.596. The molecule has 2 heteroatoms. The third-order valence-corrected chi connectivity index (χ3v) is 3.47. The van der Waals surface area contributed by atoms with Gasteiger partial charge in [0.2, 0.25) is 0 Å². The number of hydrogen-bond donors (Lipinski definition) is 1. The first-order valence-corrected chi connectivity index (χ1v) is 6.59. The van der Waals surface area contributed by atoms with E-state index in [9.17, 15) is 0 Å². The molecular formula is C17H18N2. The predicted octanol–water partition coefficient (Wildman–Crippen LogP) is 4.53. The van der Waals surface area contributed by atoms with Crippen molar-refractivity contribution in [1.29, 1.82) is 0 Å². The molecule has 96 valence electrons. The van der Waals surface area contributed by atoms with Crippen LogP contribution in [0.5, 0.6) is 0 Å². The minimum Gasteiger partial charge on any atom is -0.278 e. The van der Waals surface area contributed by atoms with E-state index in [1.807, 2.05) is 12.3 Å². The summed E-state index contributed by atoms with van der Waals surface area (Å²) < 4.78 is 0. The number of H-pyrrole nitrogens is 1. The summed E-state index contributed by atoms with van der Waals surface area (Å²) in [5, 5.41) is 8.49. The smallest absolute Gasteiger partial charge is 0.0659 e. The number of fused-ring (bicyclic) bond motifs is 1. The van der Waals surface area contributed by atoms with E-state index in [1.165, 1.54) is 22.1 Å². The first-order valence-electron chi connectivity index (χ1n) is 6.59. The topological polar surface area (TPSA) is 28.7 Å². The average Bonchev–Trinajstić information content (AvgIpc) is 2.85. The van der Waals surface area contributed by atoms with Gasteiger partial charge in [-0.3, -0.25) is 5.10 Å². The van der Waals surface area contributed by atoms with Gasteiger partial charge >= 0.3 is 0 Å². The van der Waals surface area contributed by atoms with Crippen LogP contribution in [0.4, 0.5) is 0 Å². The highest BCUT2D eigenvalue weighted by Gasteiger charge is 2.19. The molecule has 0 bridgehead atoms. The number of hydrogen-bond acceptors (Lipinski definition) is 1. The summed E-state index contributed by atoms with van der Waals surface area (Å²) in [6.45, 7) is 6.72. The number of aromatic amines is 1. The molecule has 0 aliphatic rings. The summed E-state index contributed by atoms with van der Waals surface area (Å²) in [7, 11) is 0. The summed E-state index contributed by atoms with van der Waals surface area (Å²) >= 11 is 0. The maximum Gasteiger partial charge on any atom is 0.0659 e. The van der Waals surface area contributed by atoms with E-state index in [0.717, 1.165) is 5.52 Å². The quantitative estimate of drug-likeness (QED) is 0.675. The van der Waals surface area contributed by atoms with Crippen LogP contribution in [0, 0.1) is 0 Å². The van der Waals surface area contributed by atoms with Crippen LogP contribution in [0.25, 0.3) is 22.0 Å². The molecule has 1 aromatic heterocycles. The molecule has 0 aliphatic heterocycles. The van der Waals surface area contributed by atoms with Crippen LogP contribution < -0.4 is 0 Å². The van der Waals surface area contributed by atoms with Crippen molar-refractivity contribution in [2.24, 2.45) is 0 Å². The van der Waals surface area contributed by atoms with Gasteiger partial charge in [0.25, 0.3) is 0 Å². The van der Waals surface area contributed by atoms with Gasteiger partial charge in [0.15, 0.2) is 0 Å². The standard InChI is InChI=1S/C17H18N2/c1-17(2,3)15-9-13(12-7-5-4-6-8-12)10-16-14(15)11-18-19-16/h4-11H,1-3H3,(H,18,19). The lowest BCUT2D eigenvalue weighted by Gasteiger charge is -2.21. The van der Waals surface area contributed by atoms with Crippen molar-refractivity contribution in [3.63, 3.8) is 0 Å². The number of nitrogens with zero attached hydrogens (tertiary/aromatic N) is 1. The lowest BCUT2D eigenvalue weighted by atomic mass is 9.83. The summed E-state index contributed by atoms with van der Waals surface area (Å²) in [5.74, 6) is 0. The van der Waals surface area contributed by atoms with Gasteiger partial charge in [-0.15, -0.1) is 0 Å². The Labute approximate surface area is 113 Å². The molecule has 2 nitrogen and oxygen atoms in total. The van der Waals surface area contributed by atoms with E-state index in [1.54, 1.807) is 0 Å². The van der Waals surface area contributed by atoms with Crippen molar-refractivity contribution in [3.05, 3.63) is 54.2 Å². The third-order valence-electron chi connectivity index (χ3n) is 3.47. The van der Waals surface area contributed by atoms with E-state index in [0.29, 0.717) is 0 Å². The highest BCUT2D eigenvalue weighted by molar-refractivity contribution is 5.88. The van der Waals surface area contributed by atoms with Crippen LogP contribution in [0.15, 0.2) is 48.7 Å². The van der Waals surface area contributed by atoms with Crippen LogP contribution in [0.1, 0.15) is 26.3 Å². The van der Waals surface area contributed by atoms with Gasteiger partial charge in [0, 0.05) is 5.39 Å². The molecule has 0 amide bonds. The van der Waals surface area contributed by atoms with Gasteiger partial charge in [0.1, 0.15) is 0 Å². The minimum atomic E-state index is 0.104. The molecule has 3 aromatic rings. The lowest BCUT2D eigenvalue weighted by Crippen LogP contribution is -2.11. The van der Waals surface area contributed by atoms with Gasteiger partial charge < -0.3 is 0 Å². The molecule has 0 spiro atoms. The summed E-state index contributed by atoms with van der Waals surface area (Å²) in [6, 6.07) is 14.9. The molecule has 19 heavy (non-hydrogen) atoms. The number of benzene rings is 2. The molecule has 0 atom stereocenters. The summed E-state index contributed by atoms with van der Waals surface area (Å²) in [5.41, 5.74) is 5.02. The molecule has 0 fully saturated rings. The normalized spacial score (nSPS) is 11.9. The molecule has 0 radical (unpaired) electrons. The third kappa shape index (κ3) is 2.14. The highest BCUT2D eigenvalue weighted by atomic mass is 15.1. The summed E-state index contributed by atoms with van der Waals surface area (Å²) in [4.78, 5) is 0. The second kappa shape index (κ2) is 4.23. The average molecular weight is 250 g/mol. The Morgan fingerprint density at radius 3 is 2.37 bits per heavy atom. The Morgan fingerprint density at radius 1 is 0.947 bits per heavy atom. The first kappa shape index (κ1) is 12.0. The Hall–Kier alpha value is -2.09. The Balaban J connectivity index is 2.28. The number of nitrogens with one attached hydrogen (secondary N) is 1. The highest BCUT2D eigenvalue weighted by Crippen LogP contribution is 2.33. The van der Waals surface area contributed by atoms with Crippen molar-refractivity contribution in [2.45, 2.75) is 26.2 Å². The fourth-order valence-corrected chi connectivity index (χ4v) is 2.47. The first-order chi connectivity index (χ1) is 9.05. The van der Waals surface area contributed by atoms with Gasteiger partial charge in [-0.25, -0.2) is 0 Å². The van der Waals surface area contributed by atoms with Crippen LogP contribution >= 0.6 is 0 Å². The van der Waals surface area contributed by atoms with Gasteiger partial charge in [-0.05, 0) is 34.2 Å².